The zero-order valence-corrected chi connectivity index (χ0v) is 11.8. The minimum absolute atomic E-state index is 0.140. The number of nitrogens with zero attached hydrogens (tertiary/aromatic N) is 1. The van der Waals surface area contributed by atoms with Crippen molar-refractivity contribution in [3.63, 3.8) is 0 Å². The lowest BCUT2D eigenvalue weighted by atomic mass is 9.93. The molecule has 1 aliphatic heterocycles. The van der Waals surface area contributed by atoms with Crippen LogP contribution in [0.15, 0.2) is 42.6 Å². The number of likely N-dealkylation sites (N-methyl/N-ethyl adjacent to an activating group) is 1. The molecule has 0 unspecified atom stereocenters. The van der Waals surface area contributed by atoms with E-state index in [1.165, 1.54) is 16.7 Å². The fourth-order valence-corrected chi connectivity index (χ4v) is 2.87. The second-order valence-electron chi connectivity index (χ2n) is 5.11. The van der Waals surface area contributed by atoms with Crippen LogP contribution in [0.3, 0.4) is 0 Å². The topological polar surface area (TPSA) is 34.1 Å². The van der Waals surface area contributed by atoms with E-state index in [-0.39, 0.29) is 6.10 Å². The number of aromatic nitrogens is 1. The summed E-state index contributed by atoms with van der Waals surface area (Å²) in [7, 11) is 1.97. The average Bonchev–Trinajstić information content (AvgIpc) is 2.71. The van der Waals surface area contributed by atoms with Crippen LogP contribution >= 0.6 is 0 Å². The monoisotopic (exact) mass is 268 g/mol. The highest BCUT2D eigenvalue weighted by molar-refractivity contribution is 5.65. The molecule has 1 aliphatic rings. The summed E-state index contributed by atoms with van der Waals surface area (Å²) in [6.07, 6.45) is 4.12. The lowest BCUT2D eigenvalue weighted by Gasteiger charge is -2.19. The van der Waals surface area contributed by atoms with Crippen molar-refractivity contribution in [1.82, 2.24) is 10.3 Å². The SMILES string of the molecule is CNC[C@H]1OCCCc2c(-c3ccccn3)cccc21. The second-order valence-corrected chi connectivity index (χ2v) is 5.11. The molecular formula is C17H20N2O. The molecule has 1 aromatic carbocycles. The number of nitrogens with one attached hydrogen (secondary N) is 1. The summed E-state index contributed by atoms with van der Waals surface area (Å²) in [4.78, 5) is 4.50. The number of benzene rings is 1. The minimum atomic E-state index is 0.140. The van der Waals surface area contributed by atoms with Gasteiger partial charge in [0.15, 0.2) is 0 Å². The van der Waals surface area contributed by atoms with Crippen molar-refractivity contribution in [2.24, 2.45) is 0 Å². The summed E-state index contributed by atoms with van der Waals surface area (Å²) in [5, 5.41) is 3.22. The van der Waals surface area contributed by atoms with E-state index in [1.54, 1.807) is 0 Å². The van der Waals surface area contributed by atoms with Crippen LogP contribution in [0.2, 0.25) is 0 Å². The highest BCUT2D eigenvalue weighted by Crippen LogP contribution is 2.32. The summed E-state index contributed by atoms with van der Waals surface area (Å²) in [6.45, 7) is 1.67. The van der Waals surface area contributed by atoms with Gasteiger partial charge in [0.2, 0.25) is 0 Å². The normalized spacial score (nSPS) is 18.4. The average molecular weight is 268 g/mol. The van der Waals surface area contributed by atoms with Crippen LogP contribution < -0.4 is 5.32 Å². The fourth-order valence-electron chi connectivity index (χ4n) is 2.87. The van der Waals surface area contributed by atoms with Crippen molar-refractivity contribution < 1.29 is 4.74 Å². The Hall–Kier alpha value is -1.71. The Morgan fingerprint density at radius 1 is 1.25 bits per heavy atom. The fraction of sp³-hybridized carbons (Fsp3) is 0.353. The lowest BCUT2D eigenvalue weighted by molar-refractivity contribution is 0.0579. The summed E-state index contributed by atoms with van der Waals surface area (Å²) in [5.41, 5.74) is 4.99. The van der Waals surface area contributed by atoms with Crippen LogP contribution in [0.4, 0.5) is 0 Å². The maximum absolute atomic E-state index is 5.98. The van der Waals surface area contributed by atoms with E-state index in [1.807, 2.05) is 25.4 Å². The van der Waals surface area contributed by atoms with E-state index >= 15 is 0 Å². The Kier molecular flexibility index (Phi) is 4.09. The summed E-state index contributed by atoms with van der Waals surface area (Å²) in [5.74, 6) is 0. The molecule has 1 N–H and O–H groups in total. The number of hydrogen-bond acceptors (Lipinski definition) is 3. The molecule has 0 fully saturated rings. The molecule has 20 heavy (non-hydrogen) atoms. The van der Waals surface area contributed by atoms with Crippen LogP contribution in [-0.4, -0.2) is 25.2 Å². The van der Waals surface area contributed by atoms with Gasteiger partial charge in [-0.05, 0) is 43.1 Å². The first-order valence-electron chi connectivity index (χ1n) is 7.19. The Bertz CT molecular complexity index is 568. The maximum Gasteiger partial charge on any atom is 0.0951 e. The first kappa shape index (κ1) is 13.3. The van der Waals surface area contributed by atoms with Crippen molar-refractivity contribution in [3.05, 3.63) is 53.7 Å². The van der Waals surface area contributed by atoms with Gasteiger partial charge in [0.05, 0.1) is 11.8 Å². The van der Waals surface area contributed by atoms with Gasteiger partial charge in [-0.3, -0.25) is 4.98 Å². The van der Waals surface area contributed by atoms with Gasteiger partial charge in [0.25, 0.3) is 0 Å². The van der Waals surface area contributed by atoms with Gasteiger partial charge >= 0.3 is 0 Å². The molecule has 0 amide bonds. The largest absolute Gasteiger partial charge is 0.372 e. The van der Waals surface area contributed by atoms with Crippen LogP contribution in [0.5, 0.6) is 0 Å². The van der Waals surface area contributed by atoms with Crippen LogP contribution in [0.25, 0.3) is 11.3 Å². The number of hydrogen-bond donors (Lipinski definition) is 1. The van der Waals surface area contributed by atoms with Crippen molar-refractivity contribution in [1.29, 1.82) is 0 Å². The molecule has 0 saturated carbocycles. The van der Waals surface area contributed by atoms with Crippen molar-refractivity contribution in [2.75, 3.05) is 20.2 Å². The highest BCUT2D eigenvalue weighted by Gasteiger charge is 2.21. The van der Waals surface area contributed by atoms with Gasteiger partial charge in [-0.2, -0.15) is 0 Å². The van der Waals surface area contributed by atoms with Gasteiger partial charge in [-0.15, -0.1) is 0 Å². The van der Waals surface area contributed by atoms with Gasteiger partial charge < -0.3 is 10.1 Å². The van der Waals surface area contributed by atoms with Gasteiger partial charge in [-0.1, -0.05) is 24.3 Å². The molecule has 2 heterocycles. The Labute approximate surface area is 120 Å². The third-order valence-electron chi connectivity index (χ3n) is 3.78. The maximum atomic E-state index is 5.98. The zero-order valence-electron chi connectivity index (χ0n) is 11.8. The number of pyridine rings is 1. The summed E-state index contributed by atoms with van der Waals surface area (Å²) < 4.78 is 5.98. The number of fused-ring (bicyclic) bond motifs is 1. The molecule has 0 radical (unpaired) electrons. The highest BCUT2D eigenvalue weighted by atomic mass is 16.5. The van der Waals surface area contributed by atoms with Crippen LogP contribution in [-0.2, 0) is 11.2 Å². The van der Waals surface area contributed by atoms with Gasteiger partial charge in [0.1, 0.15) is 0 Å². The molecule has 0 aliphatic carbocycles. The van der Waals surface area contributed by atoms with E-state index < -0.39 is 0 Å². The van der Waals surface area contributed by atoms with E-state index in [0.717, 1.165) is 31.7 Å². The van der Waals surface area contributed by atoms with E-state index in [0.29, 0.717) is 0 Å². The Balaban J connectivity index is 2.08. The predicted molar refractivity (Wildman–Crippen MR) is 80.6 cm³/mol. The molecule has 104 valence electrons. The van der Waals surface area contributed by atoms with E-state index in [4.69, 9.17) is 4.74 Å². The zero-order chi connectivity index (χ0) is 13.8. The lowest BCUT2D eigenvalue weighted by Crippen LogP contribution is -2.20. The quantitative estimate of drug-likeness (QED) is 0.929. The van der Waals surface area contributed by atoms with Gasteiger partial charge in [-0.25, -0.2) is 0 Å². The summed E-state index contributed by atoms with van der Waals surface area (Å²) in [6, 6.07) is 12.5. The third-order valence-corrected chi connectivity index (χ3v) is 3.78. The van der Waals surface area contributed by atoms with Crippen LogP contribution in [0.1, 0.15) is 23.7 Å². The van der Waals surface area contributed by atoms with E-state index in [2.05, 4.69) is 34.6 Å². The number of rotatable bonds is 3. The Morgan fingerprint density at radius 3 is 3.00 bits per heavy atom. The molecule has 1 aromatic heterocycles. The molecule has 2 aromatic rings. The van der Waals surface area contributed by atoms with Crippen LogP contribution in [0, 0.1) is 0 Å². The van der Waals surface area contributed by atoms with Crippen molar-refractivity contribution in [3.8, 4) is 11.3 Å². The standard InChI is InChI=1S/C17H20N2O/c1-18-12-17-15-7-4-6-14(13(15)8-5-11-20-17)16-9-2-3-10-19-16/h2-4,6-7,9-10,17-18H,5,8,11-12H2,1H3/t17-/m1/s1. The minimum Gasteiger partial charge on any atom is -0.372 e. The van der Waals surface area contributed by atoms with E-state index in [9.17, 15) is 0 Å². The second kappa shape index (κ2) is 6.16. The molecule has 1 atom stereocenters. The first-order valence-corrected chi connectivity index (χ1v) is 7.19. The van der Waals surface area contributed by atoms with Gasteiger partial charge in [0, 0.05) is 24.9 Å². The molecule has 3 heteroatoms. The molecule has 0 bridgehead atoms. The molecular weight excluding hydrogens is 248 g/mol. The van der Waals surface area contributed by atoms with Crippen molar-refractivity contribution >= 4 is 0 Å². The molecule has 3 rings (SSSR count). The predicted octanol–water partition coefficient (Wildman–Crippen LogP) is 2.97. The Morgan fingerprint density at radius 2 is 2.20 bits per heavy atom. The summed E-state index contributed by atoms with van der Waals surface area (Å²) >= 11 is 0. The number of ether oxygens (including phenoxy) is 1. The smallest absolute Gasteiger partial charge is 0.0951 e. The molecule has 0 spiro atoms. The van der Waals surface area contributed by atoms with Crippen molar-refractivity contribution in [2.45, 2.75) is 18.9 Å². The first-order chi connectivity index (χ1) is 9.90. The molecule has 3 nitrogen and oxygen atoms in total. The molecule has 0 saturated heterocycles. The third kappa shape index (κ3) is 2.60.